The van der Waals surface area contributed by atoms with Gasteiger partial charge in [-0.05, 0) is 25.0 Å². The Morgan fingerprint density at radius 1 is 1.41 bits per heavy atom. The number of rotatable bonds is 8. The van der Waals surface area contributed by atoms with E-state index in [0.29, 0.717) is 12.8 Å². The number of benzene rings is 1. The lowest BCUT2D eigenvalue weighted by molar-refractivity contribution is -0.143. The Morgan fingerprint density at radius 3 is 2.86 bits per heavy atom. The molecule has 7 heteroatoms. The third kappa shape index (κ3) is 4.51. The molecule has 1 atom stereocenters. The average molecular weight is 322 g/mol. The minimum absolute atomic E-state index is 0.0427. The van der Waals surface area contributed by atoms with Crippen molar-refractivity contribution in [3.8, 4) is 0 Å². The molecule has 2 N–H and O–H groups in total. The Morgan fingerprint density at radius 2 is 2.18 bits per heavy atom. The highest BCUT2D eigenvalue weighted by atomic mass is 32.1. The fourth-order valence-electron chi connectivity index (χ4n) is 2.03. The summed E-state index contributed by atoms with van der Waals surface area (Å²) in [6.07, 6.45) is 1.60. The Bertz CT molecular complexity index is 623. The summed E-state index contributed by atoms with van der Waals surface area (Å²) in [7, 11) is 1.40. The van der Waals surface area contributed by atoms with Gasteiger partial charge >= 0.3 is 5.97 Å². The van der Waals surface area contributed by atoms with E-state index in [1.54, 1.807) is 11.3 Å². The number of hydrogen-bond acceptors (Lipinski definition) is 5. The summed E-state index contributed by atoms with van der Waals surface area (Å²) >= 11 is 1.62. The number of aryl methyl sites for hydroxylation is 1. The normalized spacial score (nSPS) is 12.2. The van der Waals surface area contributed by atoms with Crippen LogP contribution in [0.1, 0.15) is 17.8 Å². The van der Waals surface area contributed by atoms with E-state index in [1.807, 2.05) is 24.3 Å². The van der Waals surface area contributed by atoms with Crippen molar-refractivity contribution >= 4 is 33.4 Å². The fraction of sp³-hybridized carbons (Fsp3) is 0.400. The minimum Gasteiger partial charge on any atom is -0.480 e. The summed E-state index contributed by atoms with van der Waals surface area (Å²) in [4.78, 5) is 27.2. The third-order valence-corrected chi connectivity index (χ3v) is 4.20. The standard InChI is InChI=1S/C15H18N2O4S/c1-21-9-11(15(19)20)16-13(18)7-4-8-14-17-10-5-2-3-6-12(10)22-14/h2-3,5-6,11H,4,7-9H2,1H3,(H,16,18)(H,19,20). The van der Waals surface area contributed by atoms with Gasteiger partial charge < -0.3 is 15.2 Å². The molecule has 0 aliphatic heterocycles. The van der Waals surface area contributed by atoms with Crippen LogP contribution < -0.4 is 5.32 Å². The van der Waals surface area contributed by atoms with Crippen molar-refractivity contribution in [1.82, 2.24) is 10.3 Å². The van der Waals surface area contributed by atoms with Gasteiger partial charge in [0.05, 0.1) is 21.8 Å². The number of nitrogens with zero attached hydrogens (tertiary/aromatic N) is 1. The molecule has 0 fully saturated rings. The van der Waals surface area contributed by atoms with Crippen LogP contribution in [0.3, 0.4) is 0 Å². The predicted molar refractivity (Wildman–Crippen MR) is 84.0 cm³/mol. The molecule has 1 heterocycles. The number of carbonyl (C=O) groups excluding carboxylic acids is 1. The maximum atomic E-state index is 11.7. The van der Waals surface area contributed by atoms with Crippen LogP contribution in [0.25, 0.3) is 10.2 Å². The quantitative estimate of drug-likeness (QED) is 0.774. The number of ether oxygens (including phenoxy) is 1. The first kappa shape index (κ1) is 16.4. The van der Waals surface area contributed by atoms with Crippen molar-refractivity contribution in [2.75, 3.05) is 13.7 Å². The van der Waals surface area contributed by atoms with Gasteiger partial charge in [0, 0.05) is 13.5 Å². The molecule has 0 saturated carbocycles. The van der Waals surface area contributed by atoms with Gasteiger partial charge in [-0.2, -0.15) is 0 Å². The van der Waals surface area contributed by atoms with Crippen molar-refractivity contribution in [2.45, 2.75) is 25.3 Å². The summed E-state index contributed by atoms with van der Waals surface area (Å²) < 4.78 is 5.90. The van der Waals surface area contributed by atoms with Gasteiger partial charge in [-0.1, -0.05) is 12.1 Å². The summed E-state index contributed by atoms with van der Waals surface area (Å²) in [5.74, 6) is -1.38. The molecular weight excluding hydrogens is 304 g/mol. The lowest BCUT2D eigenvalue weighted by atomic mass is 10.2. The summed E-state index contributed by atoms with van der Waals surface area (Å²) in [6.45, 7) is -0.0427. The predicted octanol–water partition coefficient (Wildman–Crippen LogP) is 1.83. The number of aliphatic carboxylic acids is 1. The van der Waals surface area contributed by atoms with Crippen molar-refractivity contribution in [2.24, 2.45) is 0 Å². The molecule has 0 bridgehead atoms. The number of fused-ring (bicyclic) bond motifs is 1. The van der Waals surface area contributed by atoms with Crippen molar-refractivity contribution in [3.63, 3.8) is 0 Å². The molecule has 2 aromatic rings. The lowest BCUT2D eigenvalue weighted by Gasteiger charge is -2.13. The van der Waals surface area contributed by atoms with Crippen LogP contribution >= 0.6 is 11.3 Å². The van der Waals surface area contributed by atoms with Crippen LogP contribution in [-0.2, 0) is 20.7 Å². The molecule has 6 nitrogen and oxygen atoms in total. The van der Waals surface area contributed by atoms with Crippen LogP contribution in [-0.4, -0.2) is 41.7 Å². The second kappa shape index (κ2) is 7.86. The molecule has 22 heavy (non-hydrogen) atoms. The number of para-hydroxylation sites is 1. The van der Waals surface area contributed by atoms with E-state index < -0.39 is 12.0 Å². The molecule has 0 radical (unpaired) electrons. The highest BCUT2D eigenvalue weighted by molar-refractivity contribution is 7.18. The number of hydrogen-bond donors (Lipinski definition) is 2. The van der Waals surface area contributed by atoms with Crippen molar-refractivity contribution in [3.05, 3.63) is 29.3 Å². The molecule has 1 unspecified atom stereocenters. The largest absolute Gasteiger partial charge is 0.480 e. The lowest BCUT2D eigenvalue weighted by Crippen LogP contribution is -2.43. The zero-order valence-electron chi connectivity index (χ0n) is 12.2. The van der Waals surface area contributed by atoms with Gasteiger partial charge in [-0.15, -0.1) is 11.3 Å². The molecule has 1 aromatic heterocycles. The van der Waals surface area contributed by atoms with Gasteiger partial charge in [0.25, 0.3) is 0 Å². The second-order valence-electron chi connectivity index (χ2n) is 4.84. The number of methoxy groups -OCH3 is 1. The Kier molecular flexibility index (Phi) is 5.85. The van der Waals surface area contributed by atoms with E-state index in [9.17, 15) is 9.59 Å². The maximum absolute atomic E-state index is 11.7. The van der Waals surface area contributed by atoms with Crippen LogP contribution in [0.15, 0.2) is 24.3 Å². The Hall–Kier alpha value is -1.99. The topological polar surface area (TPSA) is 88.5 Å². The first-order chi connectivity index (χ1) is 10.6. The Balaban J connectivity index is 1.80. The summed E-state index contributed by atoms with van der Waals surface area (Å²) in [5, 5.41) is 12.4. The van der Waals surface area contributed by atoms with Crippen LogP contribution in [0.5, 0.6) is 0 Å². The average Bonchev–Trinajstić information content (AvgIpc) is 2.89. The summed E-state index contributed by atoms with van der Waals surface area (Å²) in [6, 6.07) is 6.90. The second-order valence-corrected chi connectivity index (χ2v) is 5.96. The number of thiazole rings is 1. The monoisotopic (exact) mass is 322 g/mol. The number of amides is 1. The maximum Gasteiger partial charge on any atom is 0.328 e. The molecule has 0 saturated heterocycles. The van der Waals surface area contributed by atoms with E-state index >= 15 is 0 Å². The van der Waals surface area contributed by atoms with Gasteiger partial charge in [0.1, 0.15) is 0 Å². The zero-order valence-corrected chi connectivity index (χ0v) is 13.1. The highest BCUT2D eigenvalue weighted by Gasteiger charge is 2.19. The molecule has 118 valence electrons. The van der Waals surface area contributed by atoms with Gasteiger partial charge in [-0.3, -0.25) is 4.79 Å². The zero-order chi connectivity index (χ0) is 15.9. The number of aromatic nitrogens is 1. The Labute approximate surface area is 132 Å². The molecule has 2 rings (SSSR count). The van der Waals surface area contributed by atoms with E-state index in [-0.39, 0.29) is 18.9 Å². The van der Waals surface area contributed by atoms with Crippen molar-refractivity contribution in [1.29, 1.82) is 0 Å². The van der Waals surface area contributed by atoms with Gasteiger partial charge in [-0.25, -0.2) is 9.78 Å². The van der Waals surface area contributed by atoms with Crippen LogP contribution in [0.2, 0.25) is 0 Å². The van der Waals surface area contributed by atoms with E-state index in [0.717, 1.165) is 15.2 Å². The third-order valence-electron chi connectivity index (χ3n) is 3.10. The van der Waals surface area contributed by atoms with Crippen LogP contribution in [0, 0.1) is 0 Å². The molecule has 1 amide bonds. The van der Waals surface area contributed by atoms with Gasteiger partial charge in [0.15, 0.2) is 6.04 Å². The molecule has 1 aromatic carbocycles. The van der Waals surface area contributed by atoms with Gasteiger partial charge in [0.2, 0.25) is 5.91 Å². The smallest absolute Gasteiger partial charge is 0.328 e. The minimum atomic E-state index is -1.10. The SMILES string of the molecule is COCC(NC(=O)CCCc1nc2ccccc2s1)C(=O)O. The van der Waals surface area contributed by atoms with E-state index in [1.165, 1.54) is 7.11 Å². The molecule has 0 spiro atoms. The van der Waals surface area contributed by atoms with Crippen LogP contribution in [0.4, 0.5) is 0 Å². The first-order valence-corrected chi connectivity index (χ1v) is 7.77. The number of carboxylic acid groups (broad SMARTS) is 1. The number of nitrogens with one attached hydrogen (secondary N) is 1. The van der Waals surface area contributed by atoms with Crippen molar-refractivity contribution < 1.29 is 19.4 Å². The van der Waals surface area contributed by atoms with E-state index in [4.69, 9.17) is 9.84 Å². The number of carboxylic acids is 1. The fourth-order valence-corrected chi connectivity index (χ4v) is 3.04. The molecular formula is C15H18N2O4S. The number of carbonyl (C=O) groups is 2. The summed E-state index contributed by atoms with van der Waals surface area (Å²) in [5.41, 5.74) is 0.970. The van der Waals surface area contributed by atoms with E-state index in [2.05, 4.69) is 10.3 Å². The molecule has 0 aliphatic rings. The highest BCUT2D eigenvalue weighted by Crippen LogP contribution is 2.22. The molecule has 0 aliphatic carbocycles. The first-order valence-electron chi connectivity index (χ1n) is 6.95.